The molecule has 0 aliphatic heterocycles. The molecule has 0 atom stereocenters. The van der Waals surface area contributed by atoms with Crippen molar-refractivity contribution in [3.63, 3.8) is 0 Å². The first-order chi connectivity index (χ1) is 5.77. The molecule has 0 radical (unpaired) electrons. The topological polar surface area (TPSA) is 18.5 Å². The largest absolute Gasteiger partial charge is 0.237 e. The highest BCUT2D eigenvalue weighted by molar-refractivity contribution is 4.38. The summed E-state index contributed by atoms with van der Waals surface area (Å²) in [7, 11) is 0. The lowest BCUT2D eigenvalue weighted by Gasteiger charge is -2.05. The molecule has 0 amide bonds. The highest BCUT2D eigenvalue weighted by Crippen LogP contribution is 1.99. The molecule has 0 fully saturated rings. The molecule has 0 heterocycles. The summed E-state index contributed by atoms with van der Waals surface area (Å²) in [6, 6.07) is 0. The highest BCUT2D eigenvalue weighted by atomic mass is 17.2. The van der Waals surface area contributed by atoms with E-state index in [1.165, 1.54) is 19.3 Å². The fraction of sp³-hybridized carbons (Fsp3) is 1.00. The lowest BCUT2D eigenvalue weighted by molar-refractivity contribution is -0.300. The second-order valence-electron chi connectivity index (χ2n) is 3.56. The van der Waals surface area contributed by atoms with Crippen molar-refractivity contribution in [3.05, 3.63) is 0 Å². The Hall–Kier alpha value is -0.0800. The van der Waals surface area contributed by atoms with E-state index in [0.717, 1.165) is 13.0 Å². The molecule has 0 saturated heterocycles. The van der Waals surface area contributed by atoms with E-state index < -0.39 is 0 Å². The monoisotopic (exact) mass is 174 g/mol. The van der Waals surface area contributed by atoms with Gasteiger partial charge in [-0.2, -0.15) is 0 Å². The summed E-state index contributed by atoms with van der Waals surface area (Å²) in [5.74, 6) is 0.556. The van der Waals surface area contributed by atoms with Gasteiger partial charge in [-0.05, 0) is 12.3 Å². The Bertz CT molecular complexity index is 81.9. The maximum absolute atomic E-state index is 4.99. The number of rotatable bonds is 8. The van der Waals surface area contributed by atoms with Gasteiger partial charge >= 0.3 is 0 Å². The van der Waals surface area contributed by atoms with Gasteiger partial charge in [0.2, 0.25) is 0 Å². The van der Waals surface area contributed by atoms with Gasteiger partial charge in [-0.3, -0.25) is 0 Å². The first kappa shape index (κ1) is 11.9. The van der Waals surface area contributed by atoms with E-state index in [1.54, 1.807) is 0 Å². The van der Waals surface area contributed by atoms with Crippen LogP contribution >= 0.6 is 0 Å². The van der Waals surface area contributed by atoms with E-state index in [9.17, 15) is 0 Å². The maximum Gasteiger partial charge on any atom is 0.0845 e. The Balaban J connectivity index is 2.82. The molecule has 2 nitrogen and oxygen atoms in total. The molecule has 0 aromatic carbocycles. The molecule has 0 N–H and O–H groups in total. The summed E-state index contributed by atoms with van der Waals surface area (Å²) in [4.78, 5) is 9.97. The molecule has 0 aromatic rings. The van der Waals surface area contributed by atoms with Crippen molar-refractivity contribution < 1.29 is 9.78 Å². The molecule has 0 aliphatic rings. The zero-order valence-electron chi connectivity index (χ0n) is 8.64. The average Bonchev–Trinajstić information content (AvgIpc) is 2.02. The number of hydrogen-bond acceptors (Lipinski definition) is 2. The van der Waals surface area contributed by atoms with Crippen LogP contribution in [0, 0.1) is 5.92 Å². The molecule has 0 aliphatic carbocycles. The molecule has 0 rings (SSSR count). The summed E-state index contributed by atoms with van der Waals surface area (Å²) in [5, 5.41) is 0. The third-order valence-corrected chi connectivity index (χ3v) is 1.57. The van der Waals surface area contributed by atoms with Gasteiger partial charge in [0.25, 0.3) is 0 Å². The Morgan fingerprint density at radius 2 is 1.75 bits per heavy atom. The molecule has 0 saturated carbocycles. The van der Waals surface area contributed by atoms with Crippen molar-refractivity contribution in [2.24, 2.45) is 5.92 Å². The lowest BCUT2D eigenvalue weighted by atomic mass is 10.2. The average molecular weight is 174 g/mol. The van der Waals surface area contributed by atoms with Crippen molar-refractivity contribution in [2.75, 3.05) is 13.2 Å². The third kappa shape index (κ3) is 9.92. The van der Waals surface area contributed by atoms with E-state index in [-0.39, 0.29) is 0 Å². The van der Waals surface area contributed by atoms with Crippen LogP contribution in [-0.2, 0) is 9.78 Å². The van der Waals surface area contributed by atoms with Crippen molar-refractivity contribution in [1.29, 1.82) is 0 Å². The molecule has 0 aromatic heterocycles. The Labute approximate surface area is 76.2 Å². The lowest BCUT2D eigenvalue weighted by Crippen LogP contribution is -2.03. The minimum atomic E-state index is 0.556. The first-order valence-electron chi connectivity index (χ1n) is 5.01. The fourth-order valence-electron chi connectivity index (χ4n) is 0.831. The van der Waals surface area contributed by atoms with Gasteiger partial charge in [0.1, 0.15) is 0 Å². The van der Waals surface area contributed by atoms with E-state index in [1.807, 2.05) is 0 Å². The molecule has 2 heteroatoms. The molecule has 0 bridgehead atoms. The molecular weight excluding hydrogens is 152 g/mol. The summed E-state index contributed by atoms with van der Waals surface area (Å²) in [5.41, 5.74) is 0. The van der Waals surface area contributed by atoms with E-state index in [2.05, 4.69) is 20.8 Å². The zero-order chi connectivity index (χ0) is 9.23. The van der Waals surface area contributed by atoms with Crippen LogP contribution in [0.1, 0.15) is 46.5 Å². The van der Waals surface area contributed by atoms with Gasteiger partial charge < -0.3 is 0 Å². The summed E-state index contributed by atoms with van der Waals surface area (Å²) < 4.78 is 0. The Morgan fingerprint density at radius 1 is 1.00 bits per heavy atom. The third-order valence-electron chi connectivity index (χ3n) is 1.57. The maximum atomic E-state index is 4.99. The second-order valence-corrected chi connectivity index (χ2v) is 3.56. The minimum absolute atomic E-state index is 0.556. The van der Waals surface area contributed by atoms with Gasteiger partial charge in [-0.1, -0.05) is 40.0 Å². The van der Waals surface area contributed by atoms with Crippen molar-refractivity contribution in [2.45, 2.75) is 46.5 Å². The van der Waals surface area contributed by atoms with Gasteiger partial charge in [-0.15, -0.1) is 0 Å². The SMILES string of the molecule is CCCCCCOOCC(C)C. The van der Waals surface area contributed by atoms with Crippen molar-refractivity contribution in [1.82, 2.24) is 0 Å². The quantitative estimate of drug-likeness (QED) is 0.320. The molecule has 0 spiro atoms. The van der Waals surface area contributed by atoms with Gasteiger partial charge in [-0.25, -0.2) is 9.78 Å². The van der Waals surface area contributed by atoms with Crippen LogP contribution in [0.5, 0.6) is 0 Å². The van der Waals surface area contributed by atoms with E-state index >= 15 is 0 Å². The molecule has 74 valence electrons. The second kappa shape index (κ2) is 9.01. The summed E-state index contributed by atoms with van der Waals surface area (Å²) in [6.07, 6.45) is 4.94. The normalized spacial score (nSPS) is 11.0. The predicted molar refractivity (Wildman–Crippen MR) is 50.9 cm³/mol. The van der Waals surface area contributed by atoms with Crippen LogP contribution < -0.4 is 0 Å². The summed E-state index contributed by atoms with van der Waals surface area (Å²) in [6.45, 7) is 7.87. The van der Waals surface area contributed by atoms with Gasteiger partial charge in [0, 0.05) is 0 Å². The Kier molecular flexibility index (Phi) is 8.95. The van der Waals surface area contributed by atoms with E-state index in [4.69, 9.17) is 9.78 Å². The first-order valence-corrected chi connectivity index (χ1v) is 5.01. The standard InChI is InChI=1S/C10H22O2/c1-4-5-6-7-8-11-12-9-10(2)3/h10H,4-9H2,1-3H3. The van der Waals surface area contributed by atoms with Gasteiger partial charge in [0.15, 0.2) is 0 Å². The Morgan fingerprint density at radius 3 is 2.33 bits per heavy atom. The van der Waals surface area contributed by atoms with Gasteiger partial charge in [0.05, 0.1) is 13.2 Å². The number of unbranched alkanes of at least 4 members (excludes halogenated alkanes) is 3. The molecule has 0 unspecified atom stereocenters. The van der Waals surface area contributed by atoms with Crippen LogP contribution in [0.15, 0.2) is 0 Å². The zero-order valence-corrected chi connectivity index (χ0v) is 8.64. The molecular formula is C10H22O2. The van der Waals surface area contributed by atoms with Crippen molar-refractivity contribution >= 4 is 0 Å². The summed E-state index contributed by atoms with van der Waals surface area (Å²) >= 11 is 0. The van der Waals surface area contributed by atoms with Crippen molar-refractivity contribution in [3.8, 4) is 0 Å². The highest BCUT2D eigenvalue weighted by Gasteiger charge is 1.94. The van der Waals surface area contributed by atoms with Crippen LogP contribution in [0.2, 0.25) is 0 Å². The van der Waals surface area contributed by atoms with Crippen LogP contribution in [0.4, 0.5) is 0 Å². The number of hydrogen-bond donors (Lipinski definition) is 0. The molecule has 12 heavy (non-hydrogen) atoms. The minimum Gasteiger partial charge on any atom is -0.237 e. The fourth-order valence-corrected chi connectivity index (χ4v) is 0.831. The van der Waals surface area contributed by atoms with Crippen LogP contribution in [0.3, 0.4) is 0 Å². The van der Waals surface area contributed by atoms with Crippen LogP contribution in [0.25, 0.3) is 0 Å². The smallest absolute Gasteiger partial charge is 0.0845 e. The van der Waals surface area contributed by atoms with Crippen LogP contribution in [-0.4, -0.2) is 13.2 Å². The van der Waals surface area contributed by atoms with E-state index in [0.29, 0.717) is 12.5 Å². The predicted octanol–water partition coefficient (Wildman–Crippen LogP) is 3.17.